The summed E-state index contributed by atoms with van der Waals surface area (Å²) in [5, 5.41) is 19.2. The van der Waals surface area contributed by atoms with Gasteiger partial charge in [-0.2, -0.15) is 0 Å². The monoisotopic (exact) mass is 387 g/mol. The second kappa shape index (κ2) is 6.27. The zero-order chi connectivity index (χ0) is 19.3. The van der Waals surface area contributed by atoms with Gasteiger partial charge in [0, 0.05) is 24.4 Å². The van der Waals surface area contributed by atoms with Crippen molar-refractivity contribution in [2.24, 2.45) is 0 Å². The third-order valence-corrected chi connectivity index (χ3v) is 6.15. The molecule has 27 heavy (non-hydrogen) atoms. The maximum atomic E-state index is 13.1. The van der Waals surface area contributed by atoms with Crippen LogP contribution in [-0.2, 0) is 30.8 Å². The van der Waals surface area contributed by atoms with Crippen LogP contribution in [0.5, 0.6) is 0 Å². The average molecular weight is 387 g/mol. The Balaban J connectivity index is 1.66. The number of amides is 2. The molecule has 1 aromatic carbocycles. The molecule has 1 atom stereocenters. The van der Waals surface area contributed by atoms with Gasteiger partial charge in [-0.25, -0.2) is 9.59 Å². The van der Waals surface area contributed by atoms with Gasteiger partial charge in [0.05, 0.1) is 12.1 Å². The smallest absolute Gasteiger partial charge is 0.408 e. The molecule has 0 aliphatic carbocycles. The first kappa shape index (κ1) is 17.3. The number of rotatable bonds is 2. The highest BCUT2D eigenvalue weighted by molar-refractivity contribution is 7.16. The number of nitrogen functional groups attached to an aromatic ring is 1. The fraction of sp³-hybridized carbons (Fsp3) is 0.278. The lowest BCUT2D eigenvalue weighted by atomic mass is 9.95. The number of carboxylic acids is 1. The van der Waals surface area contributed by atoms with Crippen LogP contribution in [0.15, 0.2) is 24.3 Å². The van der Waals surface area contributed by atoms with E-state index in [4.69, 9.17) is 5.73 Å². The molecule has 2 aliphatic heterocycles. The Bertz CT molecular complexity index is 945. The number of carbonyl (C=O) groups is 3. The van der Waals surface area contributed by atoms with Crippen molar-refractivity contribution in [1.29, 1.82) is 0 Å². The second-order valence-corrected chi connectivity index (χ2v) is 7.78. The molecule has 2 aliphatic rings. The molecule has 2 amide bonds. The molecule has 4 rings (SSSR count). The van der Waals surface area contributed by atoms with Gasteiger partial charge in [-0.15, -0.1) is 11.3 Å². The van der Waals surface area contributed by atoms with Gasteiger partial charge in [0.25, 0.3) is 0 Å². The number of carbonyl (C=O) groups excluding carboxylic acids is 1. The first-order chi connectivity index (χ1) is 12.9. The summed E-state index contributed by atoms with van der Waals surface area (Å²) in [5.41, 5.74) is 8.35. The van der Waals surface area contributed by atoms with Crippen molar-refractivity contribution in [3.8, 4) is 0 Å². The Hall–Kier alpha value is -3.07. The summed E-state index contributed by atoms with van der Waals surface area (Å²) in [4.78, 5) is 39.7. The van der Waals surface area contributed by atoms with Crippen molar-refractivity contribution in [2.45, 2.75) is 32.1 Å². The number of aromatic carboxylic acids is 1. The largest absolute Gasteiger partial charge is 0.478 e. The minimum Gasteiger partial charge on any atom is -0.478 e. The van der Waals surface area contributed by atoms with E-state index in [-0.39, 0.29) is 29.4 Å². The van der Waals surface area contributed by atoms with E-state index in [0.29, 0.717) is 23.5 Å². The quantitative estimate of drug-likeness (QED) is 0.724. The lowest BCUT2D eigenvalue weighted by Gasteiger charge is -2.34. The first-order valence-corrected chi connectivity index (χ1v) is 9.17. The summed E-state index contributed by atoms with van der Waals surface area (Å²) in [7, 11) is 0. The second-order valence-electron chi connectivity index (χ2n) is 6.64. The van der Waals surface area contributed by atoms with Gasteiger partial charge in [0.2, 0.25) is 5.91 Å². The molecule has 0 spiro atoms. The van der Waals surface area contributed by atoms with Crippen LogP contribution in [-0.4, -0.2) is 44.0 Å². The molecule has 4 N–H and O–H groups in total. The van der Waals surface area contributed by atoms with Crippen LogP contribution >= 0.6 is 11.3 Å². The van der Waals surface area contributed by atoms with Crippen LogP contribution in [0.25, 0.3) is 0 Å². The van der Waals surface area contributed by atoms with Crippen molar-refractivity contribution in [2.75, 3.05) is 5.73 Å². The molecular weight excluding hydrogens is 370 g/mol. The molecule has 0 bridgehead atoms. The summed E-state index contributed by atoms with van der Waals surface area (Å²) in [6.07, 6.45) is -1.19. The van der Waals surface area contributed by atoms with E-state index in [9.17, 15) is 24.6 Å². The van der Waals surface area contributed by atoms with Crippen LogP contribution in [0.4, 0.5) is 9.80 Å². The molecule has 8 nitrogen and oxygen atoms in total. The maximum Gasteiger partial charge on any atom is 0.408 e. The Morgan fingerprint density at radius 3 is 2.26 bits per heavy atom. The minimum atomic E-state index is -1.21. The normalized spacial score (nSPS) is 18.1. The van der Waals surface area contributed by atoms with Crippen molar-refractivity contribution >= 4 is 34.3 Å². The number of hydrogen-bond acceptors (Lipinski definition) is 5. The fourth-order valence-electron chi connectivity index (χ4n) is 3.80. The number of anilines is 1. The van der Waals surface area contributed by atoms with E-state index in [2.05, 4.69) is 0 Å². The lowest BCUT2D eigenvalue weighted by molar-refractivity contribution is -0.137. The zero-order valence-electron chi connectivity index (χ0n) is 14.2. The summed E-state index contributed by atoms with van der Waals surface area (Å²) < 4.78 is 0. The highest BCUT2D eigenvalue weighted by Gasteiger charge is 2.41. The molecular formula is C18H17N3O5S. The van der Waals surface area contributed by atoms with E-state index in [1.807, 2.05) is 24.3 Å². The highest BCUT2D eigenvalue weighted by atomic mass is 32.1. The summed E-state index contributed by atoms with van der Waals surface area (Å²) in [5.74, 6) is -1.48. The van der Waals surface area contributed by atoms with Gasteiger partial charge in [-0.1, -0.05) is 24.3 Å². The van der Waals surface area contributed by atoms with E-state index in [1.54, 1.807) is 4.90 Å². The molecule has 0 saturated heterocycles. The molecule has 1 aromatic heterocycles. The summed E-state index contributed by atoms with van der Waals surface area (Å²) >= 11 is 1.07. The number of hydrogen-bond donors (Lipinski definition) is 3. The molecule has 0 radical (unpaired) electrons. The number of benzene rings is 1. The Kier molecular flexibility index (Phi) is 4.03. The Labute approximate surface area is 158 Å². The van der Waals surface area contributed by atoms with E-state index in [0.717, 1.165) is 27.4 Å². The molecule has 3 heterocycles. The van der Waals surface area contributed by atoms with Crippen molar-refractivity contribution in [3.63, 3.8) is 0 Å². The standard InChI is InChI=1S/C18H17N3O5S/c19-15-14(17(23)24)11-5-12(21(18(25)26)8-13(11)27-15)16(22)20-6-9-3-1-2-4-10(9)7-20/h1-4,12H,5-8,19H2,(H,23,24)(H,25,26). The van der Waals surface area contributed by atoms with E-state index in [1.165, 1.54) is 0 Å². The number of fused-ring (bicyclic) bond motifs is 2. The number of thiophene rings is 1. The van der Waals surface area contributed by atoms with E-state index >= 15 is 0 Å². The third kappa shape index (κ3) is 2.80. The van der Waals surface area contributed by atoms with E-state index < -0.39 is 18.1 Å². The van der Waals surface area contributed by atoms with Gasteiger partial charge in [-0.05, 0) is 16.7 Å². The molecule has 9 heteroatoms. The number of nitrogens with zero attached hydrogens (tertiary/aromatic N) is 2. The first-order valence-electron chi connectivity index (χ1n) is 8.35. The molecule has 140 valence electrons. The molecule has 0 saturated carbocycles. The highest BCUT2D eigenvalue weighted by Crippen LogP contribution is 2.38. The van der Waals surface area contributed by atoms with Gasteiger partial charge >= 0.3 is 12.1 Å². The van der Waals surface area contributed by atoms with Crippen molar-refractivity contribution in [1.82, 2.24) is 9.80 Å². The van der Waals surface area contributed by atoms with Gasteiger partial charge in [-0.3, -0.25) is 9.69 Å². The third-order valence-electron chi connectivity index (χ3n) is 5.10. The average Bonchev–Trinajstić information content (AvgIpc) is 3.19. The predicted octanol–water partition coefficient (Wildman–Crippen LogP) is 1.98. The van der Waals surface area contributed by atoms with Crippen LogP contribution < -0.4 is 5.73 Å². The lowest BCUT2D eigenvalue weighted by Crippen LogP contribution is -2.52. The summed E-state index contributed by atoms with van der Waals surface area (Å²) in [6, 6.07) is 6.72. The van der Waals surface area contributed by atoms with Crippen molar-refractivity contribution < 1.29 is 24.6 Å². The van der Waals surface area contributed by atoms with Crippen LogP contribution in [0.3, 0.4) is 0 Å². The molecule has 1 unspecified atom stereocenters. The summed E-state index contributed by atoms with van der Waals surface area (Å²) in [6.45, 7) is 0.802. The zero-order valence-corrected chi connectivity index (χ0v) is 15.0. The SMILES string of the molecule is Nc1sc2c(c1C(=O)O)CC(C(=O)N1Cc3ccccc3C1)N(C(=O)O)C2. The molecule has 2 aromatic rings. The number of nitrogens with two attached hydrogens (primary N) is 1. The minimum absolute atomic E-state index is 0.0115. The number of carboxylic acid groups (broad SMARTS) is 2. The maximum absolute atomic E-state index is 13.1. The van der Waals surface area contributed by atoms with Crippen LogP contribution in [0.2, 0.25) is 0 Å². The predicted molar refractivity (Wildman–Crippen MR) is 97.4 cm³/mol. The van der Waals surface area contributed by atoms with Crippen LogP contribution in [0, 0.1) is 0 Å². The Morgan fingerprint density at radius 2 is 1.70 bits per heavy atom. The fourth-order valence-corrected chi connectivity index (χ4v) is 4.89. The molecule has 0 fully saturated rings. The Morgan fingerprint density at radius 1 is 1.07 bits per heavy atom. The van der Waals surface area contributed by atoms with Gasteiger partial charge < -0.3 is 20.8 Å². The van der Waals surface area contributed by atoms with Gasteiger partial charge in [0.15, 0.2) is 0 Å². The van der Waals surface area contributed by atoms with Crippen molar-refractivity contribution in [3.05, 3.63) is 51.4 Å². The van der Waals surface area contributed by atoms with Gasteiger partial charge in [0.1, 0.15) is 11.0 Å². The topological polar surface area (TPSA) is 124 Å². The van der Waals surface area contributed by atoms with Crippen LogP contribution in [0.1, 0.15) is 31.9 Å².